The van der Waals surface area contributed by atoms with E-state index in [2.05, 4.69) is 37.8 Å². The monoisotopic (exact) mass is 325 g/mol. The summed E-state index contributed by atoms with van der Waals surface area (Å²) >= 11 is 0. The van der Waals surface area contributed by atoms with Gasteiger partial charge < -0.3 is 9.64 Å². The zero-order valence-corrected chi connectivity index (χ0v) is 15.3. The maximum Gasteiger partial charge on any atom is 0.170 e. The first-order valence-electron chi connectivity index (χ1n) is 8.35. The number of benzene rings is 2. The number of nitrogens with zero attached hydrogens (tertiary/aromatic N) is 1. The van der Waals surface area contributed by atoms with Crippen molar-refractivity contribution in [1.29, 1.82) is 0 Å². The molecule has 0 aliphatic heterocycles. The van der Waals surface area contributed by atoms with E-state index in [9.17, 15) is 4.79 Å². The maximum atomic E-state index is 12.8. The number of likely N-dealkylation sites (N-methyl/N-ethyl adjacent to an activating group) is 1. The third-order valence-corrected chi connectivity index (χ3v) is 4.16. The number of carbonyl (C=O) groups is 1. The summed E-state index contributed by atoms with van der Waals surface area (Å²) in [7, 11) is 4.01. The fourth-order valence-electron chi connectivity index (χ4n) is 2.91. The summed E-state index contributed by atoms with van der Waals surface area (Å²) in [4.78, 5) is 14.9. The van der Waals surface area contributed by atoms with Crippen LogP contribution in [-0.2, 0) is 6.42 Å². The molecule has 24 heavy (non-hydrogen) atoms. The Kier molecular flexibility index (Phi) is 6.16. The molecule has 2 rings (SSSR count). The second-order valence-corrected chi connectivity index (χ2v) is 6.63. The second kappa shape index (κ2) is 8.11. The first-order chi connectivity index (χ1) is 11.4. The zero-order chi connectivity index (χ0) is 17.7. The molecule has 0 spiro atoms. The molecule has 0 unspecified atom stereocenters. The quantitative estimate of drug-likeness (QED) is 0.721. The zero-order valence-electron chi connectivity index (χ0n) is 15.3. The van der Waals surface area contributed by atoms with Crippen LogP contribution in [0, 0.1) is 20.8 Å². The van der Waals surface area contributed by atoms with Crippen molar-refractivity contribution in [2.24, 2.45) is 0 Å². The molecule has 0 bridgehead atoms. The van der Waals surface area contributed by atoms with Crippen LogP contribution in [0.2, 0.25) is 0 Å². The molecule has 3 nitrogen and oxygen atoms in total. The molecule has 0 aromatic heterocycles. The van der Waals surface area contributed by atoms with Crippen molar-refractivity contribution in [2.45, 2.75) is 27.2 Å². The van der Waals surface area contributed by atoms with Crippen molar-refractivity contribution >= 4 is 5.78 Å². The van der Waals surface area contributed by atoms with Gasteiger partial charge in [0, 0.05) is 13.0 Å². The molecule has 3 heteroatoms. The molecule has 0 heterocycles. The topological polar surface area (TPSA) is 29.5 Å². The predicted molar refractivity (Wildman–Crippen MR) is 99.2 cm³/mol. The van der Waals surface area contributed by atoms with Gasteiger partial charge in [-0.1, -0.05) is 29.8 Å². The standard InChI is InChI=1S/C21H27NO2/c1-15-12-16(2)19(17(3)13-15)14-20(23)18-8-6-7-9-21(18)24-11-10-22(4)5/h6-9,12-13H,10-11,14H2,1-5H3. The number of aryl methyl sites for hydroxylation is 3. The molecule has 0 radical (unpaired) electrons. The van der Waals surface area contributed by atoms with E-state index in [1.54, 1.807) is 0 Å². The van der Waals surface area contributed by atoms with Crippen molar-refractivity contribution in [2.75, 3.05) is 27.2 Å². The molecule has 0 saturated carbocycles. The summed E-state index contributed by atoms with van der Waals surface area (Å²) in [6.07, 6.45) is 0.409. The summed E-state index contributed by atoms with van der Waals surface area (Å²) in [6, 6.07) is 11.8. The van der Waals surface area contributed by atoms with Crippen LogP contribution in [0.1, 0.15) is 32.6 Å². The van der Waals surface area contributed by atoms with Crippen molar-refractivity contribution in [3.63, 3.8) is 0 Å². The summed E-state index contributed by atoms with van der Waals surface area (Å²) in [5.74, 6) is 0.775. The average molecular weight is 325 g/mol. The number of hydrogen-bond acceptors (Lipinski definition) is 3. The molecular weight excluding hydrogens is 298 g/mol. The lowest BCUT2D eigenvalue weighted by Crippen LogP contribution is -2.20. The van der Waals surface area contributed by atoms with E-state index in [0.29, 0.717) is 24.3 Å². The van der Waals surface area contributed by atoms with Gasteiger partial charge in [0.05, 0.1) is 5.56 Å². The smallest absolute Gasteiger partial charge is 0.170 e. The van der Waals surface area contributed by atoms with Crippen LogP contribution in [0.5, 0.6) is 5.75 Å². The van der Waals surface area contributed by atoms with Crippen molar-refractivity contribution in [3.8, 4) is 5.75 Å². The van der Waals surface area contributed by atoms with Gasteiger partial charge in [0.1, 0.15) is 12.4 Å². The maximum absolute atomic E-state index is 12.8. The third kappa shape index (κ3) is 4.68. The van der Waals surface area contributed by atoms with Crippen LogP contribution in [-0.4, -0.2) is 37.9 Å². The molecule has 0 amide bonds. The van der Waals surface area contributed by atoms with Gasteiger partial charge in [-0.3, -0.25) is 4.79 Å². The Hall–Kier alpha value is -2.13. The fraction of sp³-hybridized carbons (Fsp3) is 0.381. The van der Waals surface area contributed by atoms with Crippen LogP contribution >= 0.6 is 0 Å². The highest BCUT2D eigenvalue weighted by molar-refractivity contribution is 6.00. The molecule has 2 aromatic carbocycles. The van der Waals surface area contributed by atoms with E-state index < -0.39 is 0 Å². The average Bonchev–Trinajstić information content (AvgIpc) is 2.50. The SMILES string of the molecule is Cc1cc(C)c(CC(=O)c2ccccc2OCCN(C)C)c(C)c1. The highest BCUT2D eigenvalue weighted by atomic mass is 16.5. The van der Waals surface area contributed by atoms with Gasteiger partial charge in [-0.05, 0) is 63.7 Å². The highest BCUT2D eigenvalue weighted by Gasteiger charge is 2.15. The lowest BCUT2D eigenvalue weighted by Gasteiger charge is -2.15. The second-order valence-electron chi connectivity index (χ2n) is 6.63. The molecule has 0 saturated heterocycles. The highest BCUT2D eigenvalue weighted by Crippen LogP contribution is 2.23. The minimum atomic E-state index is 0.102. The molecule has 0 atom stereocenters. The summed E-state index contributed by atoms with van der Waals surface area (Å²) in [6.45, 7) is 7.61. The summed E-state index contributed by atoms with van der Waals surface area (Å²) < 4.78 is 5.82. The Morgan fingerprint density at radius 3 is 2.29 bits per heavy atom. The lowest BCUT2D eigenvalue weighted by molar-refractivity contribution is 0.0988. The number of rotatable bonds is 7. The normalized spacial score (nSPS) is 10.9. The van der Waals surface area contributed by atoms with Gasteiger partial charge in [0.25, 0.3) is 0 Å². The number of ketones is 1. The van der Waals surface area contributed by atoms with Crippen LogP contribution in [0.4, 0.5) is 0 Å². The summed E-state index contributed by atoms with van der Waals surface area (Å²) in [5.41, 5.74) is 5.36. The van der Waals surface area contributed by atoms with Gasteiger partial charge >= 0.3 is 0 Å². The number of para-hydroxylation sites is 1. The van der Waals surface area contributed by atoms with E-state index in [1.165, 1.54) is 16.7 Å². The van der Waals surface area contributed by atoms with E-state index in [4.69, 9.17) is 4.74 Å². The van der Waals surface area contributed by atoms with Crippen LogP contribution < -0.4 is 4.74 Å². The summed E-state index contributed by atoms with van der Waals surface area (Å²) in [5, 5.41) is 0. The van der Waals surface area contributed by atoms with Crippen molar-refractivity contribution in [1.82, 2.24) is 4.90 Å². The van der Waals surface area contributed by atoms with Crippen molar-refractivity contribution < 1.29 is 9.53 Å². The number of carbonyl (C=O) groups excluding carboxylic acids is 1. The molecule has 0 N–H and O–H groups in total. The molecule has 128 valence electrons. The van der Waals surface area contributed by atoms with Gasteiger partial charge in [0.15, 0.2) is 5.78 Å². The van der Waals surface area contributed by atoms with Gasteiger partial charge in [-0.25, -0.2) is 0 Å². The van der Waals surface area contributed by atoms with Crippen molar-refractivity contribution in [3.05, 3.63) is 64.2 Å². The molecular formula is C21H27NO2. The Balaban J connectivity index is 2.18. The predicted octanol–water partition coefficient (Wildman–Crippen LogP) is 3.98. The third-order valence-electron chi connectivity index (χ3n) is 4.16. The first kappa shape index (κ1) is 18.2. The molecule has 0 fully saturated rings. The molecule has 0 aliphatic carbocycles. The molecule has 2 aromatic rings. The van der Waals surface area contributed by atoms with Crippen LogP contribution in [0.25, 0.3) is 0 Å². The van der Waals surface area contributed by atoms with Crippen LogP contribution in [0.3, 0.4) is 0 Å². The van der Waals surface area contributed by atoms with E-state index in [0.717, 1.165) is 12.1 Å². The van der Waals surface area contributed by atoms with Gasteiger partial charge in [-0.2, -0.15) is 0 Å². The fourth-order valence-corrected chi connectivity index (χ4v) is 2.91. The van der Waals surface area contributed by atoms with Gasteiger partial charge in [0.2, 0.25) is 0 Å². The Bertz CT molecular complexity index is 697. The Morgan fingerprint density at radius 2 is 1.67 bits per heavy atom. The number of Topliss-reactive ketones (excluding diaryl/α,β-unsaturated/α-hetero) is 1. The lowest BCUT2D eigenvalue weighted by atomic mass is 9.93. The number of ether oxygens (including phenoxy) is 1. The Labute approximate surface area is 145 Å². The van der Waals surface area contributed by atoms with E-state index >= 15 is 0 Å². The van der Waals surface area contributed by atoms with Crippen LogP contribution in [0.15, 0.2) is 36.4 Å². The largest absolute Gasteiger partial charge is 0.491 e. The molecule has 0 aliphatic rings. The van der Waals surface area contributed by atoms with E-state index in [1.807, 2.05) is 38.4 Å². The minimum Gasteiger partial charge on any atom is -0.491 e. The number of hydrogen-bond donors (Lipinski definition) is 0. The Morgan fingerprint density at radius 1 is 1.04 bits per heavy atom. The van der Waals surface area contributed by atoms with E-state index in [-0.39, 0.29) is 5.78 Å². The first-order valence-corrected chi connectivity index (χ1v) is 8.35. The minimum absolute atomic E-state index is 0.102. The van der Waals surface area contributed by atoms with Gasteiger partial charge in [-0.15, -0.1) is 0 Å².